The van der Waals surface area contributed by atoms with Crippen LogP contribution in [0.1, 0.15) is 10.4 Å². The number of sulfone groups is 1. The first-order valence-electron chi connectivity index (χ1n) is 5.75. The number of carbonyl (C=O) groups excluding carboxylic acids is 1. The van der Waals surface area contributed by atoms with Gasteiger partial charge in [0.15, 0.2) is 27.1 Å². The second-order valence-electron chi connectivity index (χ2n) is 4.22. The molecule has 1 aromatic rings. The van der Waals surface area contributed by atoms with Crippen LogP contribution in [-0.2, 0) is 9.84 Å². The summed E-state index contributed by atoms with van der Waals surface area (Å²) in [5, 5.41) is 2.71. The van der Waals surface area contributed by atoms with E-state index in [0.29, 0.717) is 24.7 Å². The summed E-state index contributed by atoms with van der Waals surface area (Å²) >= 11 is 0. The van der Waals surface area contributed by atoms with E-state index < -0.39 is 9.84 Å². The molecular weight excluding hydrogens is 270 g/mol. The van der Waals surface area contributed by atoms with E-state index in [2.05, 4.69) is 5.32 Å². The molecule has 0 bridgehead atoms. The molecule has 1 N–H and O–H groups in total. The molecule has 6 nitrogen and oxygen atoms in total. The summed E-state index contributed by atoms with van der Waals surface area (Å²) in [5.41, 5.74) is 0.126. The molecule has 0 amide bonds. The maximum Gasteiger partial charge on any atom is 0.178 e. The minimum absolute atomic E-state index is 0.0306. The zero-order chi connectivity index (χ0) is 14.0. The van der Waals surface area contributed by atoms with E-state index in [1.165, 1.54) is 12.1 Å². The molecule has 2 rings (SSSR count). The summed E-state index contributed by atoms with van der Waals surface area (Å²) in [5.74, 6) is 0.450. The van der Waals surface area contributed by atoms with Gasteiger partial charge in [-0.1, -0.05) is 0 Å². The third kappa shape index (κ3) is 2.87. The molecule has 19 heavy (non-hydrogen) atoms. The van der Waals surface area contributed by atoms with Crippen molar-refractivity contribution in [2.75, 3.05) is 33.1 Å². The van der Waals surface area contributed by atoms with Crippen LogP contribution in [-0.4, -0.2) is 47.3 Å². The fourth-order valence-corrected chi connectivity index (χ4v) is 2.74. The van der Waals surface area contributed by atoms with Gasteiger partial charge in [-0.25, -0.2) is 8.42 Å². The average molecular weight is 285 g/mol. The molecule has 0 unspecified atom stereocenters. The molecule has 104 valence electrons. The standard InChI is InChI=1S/C12H15NO5S/c1-13-7-9(14)8-5-10-11(18-4-3-17-10)6-12(8)19(2,15)16/h5-6,13H,3-4,7H2,1-2H3. The summed E-state index contributed by atoms with van der Waals surface area (Å²) in [4.78, 5) is 11.9. The Morgan fingerprint density at radius 2 is 1.84 bits per heavy atom. The van der Waals surface area contributed by atoms with Crippen LogP contribution in [0.4, 0.5) is 0 Å². The molecule has 7 heteroatoms. The van der Waals surface area contributed by atoms with Gasteiger partial charge in [0.25, 0.3) is 0 Å². The van der Waals surface area contributed by atoms with Gasteiger partial charge < -0.3 is 14.8 Å². The summed E-state index contributed by atoms with van der Waals surface area (Å²) < 4.78 is 34.3. The Morgan fingerprint density at radius 1 is 1.26 bits per heavy atom. The highest BCUT2D eigenvalue weighted by Gasteiger charge is 2.24. The highest BCUT2D eigenvalue weighted by molar-refractivity contribution is 7.90. The third-order valence-electron chi connectivity index (χ3n) is 2.68. The van der Waals surface area contributed by atoms with Crippen molar-refractivity contribution >= 4 is 15.6 Å². The van der Waals surface area contributed by atoms with Crippen LogP contribution >= 0.6 is 0 Å². The zero-order valence-corrected chi connectivity index (χ0v) is 11.5. The van der Waals surface area contributed by atoms with Gasteiger partial charge in [-0.05, 0) is 13.1 Å². The lowest BCUT2D eigenvalue weighted by atomic mass is 10.1. The molecule has 0 aliphatic carbocycles. The quantitative estimate of drug-likeness (QED) is 0.799. The van der Waals surface area contributed by atoms with Gasteiger partial charge in [-0.15, -0.1) is 0 Å². The Bertz CT molecular complexity index is 609. The predicted octanol–water partition coefficient (Wildman–Crippen LogP) is 0.263. The van der Waals surface area contributed by atoms with Crippen molar-refractivity contribution in [1.82, 2.24) is 5.32 Å². The lowest BCUT2D eigenvalue weighted by Gasteiger charge is -2.20. The Hall–Kier alpha value is -1.60. The number of nitrogens with one attached hydrogen (secondary N) is 1. The number of carbonyl (C=O) groups is 1. The molecule has 1 aliphatic rings. The van der Waals surface area contributed by atoms with Crippen molar-refractivity contribution in [2.24, 2.45) is 0 Å². The molecule has 0 saturated carbocycles. The van der Waals surface area contributed by atoms with E-state index >= 15 is 0 Å². The van der Waals surface area contributed by atoms with Gasteiger partial charge in [-0.2, -0.15) is 0 Å². The summed E-state index contributed by atoms with van der Waals surface area (Å²) in [7, 11) is -1.89. The lowest BCUT2D eigenvalue weighted by Crippen LogP contribution is -2.22. The highest BCUT2D eigenvalue weighted by atomic mass is 32.2. The molecule has 0 fully saturated rings. The maximum atomic E-state index is 12.0. The topological polar surface area (TPSA) is 81.7 Å². The molecule has 0 radical (unpaired) electrons. The maximum absolute atomic E-state index is 12.0. The number of ketones is 1. The molecule has 1 aliphatic heterocycles. The minimum Gasteiger partial charge on any atom is -0.486 e. The molecule has 0 saturated heterocycles. The number of Topliss-reactive ketones (excluding diaryl/α,β-unsaturated/α-hetero) is 1. The molecule has 0 spiro atoms. The lowest BCUT2D eigenvalue weighted by molar-refractivity contribution is 0.0989. The fourth-order valence-electron chi connectivity index (χ4n) is 1.85. The largest absolute Gasteiger partial charge is 0.486 e. The van der Waals surface area contributed by atoms with E-state index in [1.54, 1.807) is 7.05 Å². The number of hydrogen-bond donors (Lipinski definition) is 1. The number of rotatable bonds is 4. The number of hydrogen-bond acceptors (Lipinski definition) is 6. The van der Waals surface area contributed by atoms with Gasteiger partial charge in [0, 0.05) is 17.9 Å². The van der Waals surface area contributed by atoms with Crippen LogP contribution in [0.2, 0.25) is 0 Å². The van der Waals surface area contributed by atoms with Gasteiger partial charge in [0.2, 0.25) is 0 Å². The highest BCUT2D eigenvalue weighted by Crippen LogP contribution is 2.35. The normalized spacial score (nSPS) is 14.2. The first kappa shape index (κ1) is 13.8. The van der Waals surface area contributed by atoms with Crippen molar-refractivity contribution < 1.29 is 22.7 Å². The van der Waals surface area contributed by atoms with Crippen molar-refractivity contribution in [3.63, 3.8) is 0 Å². The van der Waals surface area contributed by atoms with Crippen molar-refractivity contribution in [3.8, 4) is 11.5 Å². The van der Waals surface area contributed by atoms with Crippen LogP contribution < -0.4 is 14.8 Å². The first-order chi connectivity index (χ1) is 8.93. The van der Waals surface area contributed by atoms with E-state index in [9.17, 15) is 13.2 Å². The SMILES string of the molecule is CNCC(=O)c1cc2c(cc1S(C)(=O)=O)OCCO2. The van der Waals surface area contributed by atoms with Gasteiger partial charge in [0.1, 0.15) is 13.2 Å². The van der Waals surface area contributed by atoms with E-state index in [4.69, 9.17) is 9.47 Å². The zero-order valence-electron chi connectivity index (χ0n) is 10.7. The second-order valence-corrected chi connectivity index (χ2v) is 6.20. The van der Waals surface area contributed by atoms with Crippen molar-refractivity contribution in [3.05, 3.63) is 17.7 Å². The monoisotopic (exact) mass is 285 g/mol. The van der Waals surface area contributed by atoms with E-state index in [0.717, 1.165) is 6.26 Å². The molecule has 0 atom stereocenters. The Kier molecular flexibility index (Phi) is 3.77. The Morgan fingerprint density at radius 3 is 2.37 bits per heavy atom. The number of likely N-dealkylation sites (N-methyl/N-ethyl adjacent to an activating group) is 1. The fraction of sp³-hybridized carbons (Fsp3) is 0.417. The van der Waals surface area contributed by atoms with E-state index in [-0.39, 0.29) is 22.8 Å². The van der Waals surface area contributed by atoms with Gasteiger partial charge in [0.05, 0.1) is 11.4 Å². The molecule has 1 aromatic carbocycles. The molecule has 0 aromatic heterocycles. The van der Waals surface area contributed by atoms with Crippen molar-refractivity contribution in [2.45, 2.75) is 4.90 Å². The van der Waals surface area contributed by atoms with Gasteiger partial charge >= 0.3 is 0 Å². The van der Waals surface area contributed by atoms with Crippen LogP contribution in [0, 0.1) is 0 Å². The summed E-state index contributed by atoms with van der Waals surface area (Å²) in [6.07, 6.45) is 1.06. The van der Waals surface area contributed by atoms with Crippen LogP contribution in [0.5, 0.6) is 11.5 Å². The summed E-state index contributed by atoms with van der Waals surface area (Å²) in [6.45, 7) is 0.799. The minimum atomic E-state index is -3.51. The summed E-state index contributed by atoms with van der Waals surface area (Å²) in [6, 6.07) is 2.79. The number of ether oxygens (including phenoxy) is 2. The van der Waals surface area contributed by atoms with Crippen LogP contribution in [0.3, 0.4) is 0 Å². The first-order valence-corrected chi connectivity index (χ1v) is 7.64. The third-order valence-corrected chi connectivity index (χ3v) is 3.82. The predicted molar refractivity (Wildman–Crippen MR) is 68.8 cm³/mol. The average Bonchev–Trinajstić information content (AvgIpc) is 2.36. The molecule has 1 heterocycles. The number of benzene rings is 1. The van der Waals surface area contributed by atoms with E-state index in [1.807, 2.05) is 0 Å². The van der Waals surface area contributed by atoms with Crippen molar-refractivity contribution in [1.29, 1.82) is 0 Å². The van der Waals surface area contributed by atoms with Crippen LogP contribution in [0.15, 0.2) is 17.0 Å². The Labute approximate surface area is 111 Å². The second kappa shape index (κ2) is 5.18. The Balaban J connectivity index is 2.59. The van der Waals surface area contributed by atoms with Gasteiger partial charge in [-0.3, -0.25) is 4.79 Å². The van der Waals surface area contributed by atoms with Crippen LogP contribution in [0.25, 0.3) is 0 Å². The number of fused-ring (bicyclic) bond motifs is 1. The molecular formula is C12H15NO5S. The smallest absolute Gasteiger partial charge is 0.178 e.